The Morgan fingerprint density at radius 2 is 2.07 bits per heavy atom. The summed E-state index contributed by atoms with van der Waals surface area (Å²) in [6, 6.07) is 2.43. The van der Waals surface area contributed by atoms with E-state index in [2.05, 4.69) is 15.9 Å². The van der Waals surface area contributed by atoms with Gasteiger partial charge in [0.05, 0.1) is 4.47 Å². The van der Waals surface area contributed by atoms with E-state index < -0.39 is 11.6 Å². The van der Waals surface area contributed by atoms with Crippen LogP contribution in [0.5, 0.6) is 0 Å². The van der Waals surface area contributed by atoms with Gasteiger partial charge in [0, 0.05) is 11.6 Å². The molecule has 1 aromatic rings. The van der Waals surface area contributed by atoms with Crippen molar-refractivity contribution < 1.29 is 8.78 Å². The number of benzene rings is 1. The SMILES string of the molecule is CCCC(N)Cc1c(F)ccc(Br)c1F. The van der Waals surface area contributed by atoms with Crippen molar-refractivity contribution in [2.75, 3.05) is 0 Å². The van der Waals surface area contributed by atoms with Crippen LogP contribution in [-0.4, -0.2) is 6.04 Å². The third-order valence-corrected chi connectivity index (χ3v) is 2.88. The minimum atomic E-state index is -0.540. The zero-order valence-corrected chi connectivity index (χ0v) is 10.2. The molecule has 0 saturated carbocycles. The lowest BCUT2D eigenvalue weighted by Gasteiger charge is -2.12. The third kappa shape index (κ3) is 3.24. The smallest absolute Gasteiger partial charge is 0.143 e. The molecule has 0 amide bonds. The van der Waals surface area contributed by atoms with Crippen LogP contribution in [0.1, 0.15) is 25.3 Å². The van der Waals surface area contributed by atoms with Crippen LogP contribution in [-0.2, 0) is 6.42 Å². The van der Waals surface area contributed by atoms with E-state index in [1.807, 2.05) is 6.92 Å². The lowest BCUT2D eigenvalue weighted by molar-refractivity contribution is 0.518. The standard InChI is InChI=1S/C11H14BrF2N/c1-2-3-7(15)6-8-10(13)5-4-9(12)11(8)14/h4-5,7H,2-3,6,15H2,1H3. The van der Waals surface area contributed by atoms with Crippen LogP contribution < -0.4 is 5.73 Å². The second-order valence-corrected chi connectivity index (χ2v) is 4.43. The van der Waals surface area contributed by atoms with Crippen LogP contribution in [0.15, 0.2) is 16.6 Å². The Labute approximate surface area is 96.8 Å². The highest BCUT2D eigenvalue weighted by Crippen LogP contribution is 2.22. The van der Waals surface area contributed by atoms with E-state index in [1.165, 1.54) is 12.1 Å². The fourth-order valence-electron chi connectivity index (χ4n) is 1.49. The molecule has 84 valence electrons. The maximum absolute atomic E-state index is 13.5. The van der Waals surface area contributed by atoms with Crippen LogP contribution in [0.3, 0.4) is 0 Å². The predicted octanol–water partition coefficient (Wildman–Crippen LogP) is 3.40. The zero-order chi connectivity index (χ0) is 11.4. The van der Waals surface area contributed by atoms with Crippen molar-refractivity contribution in [3.63, 3.8) is 0 Å². The Balaban J connectivity index is 2.88. The molecule has 0 aromatic heterocycles. The lowest BCUT2D eigenvalue weighted by atomic mass is 10.0. The lowest BCUT2D eigenvalue weighted by Crippen LogP contribution is -2.23. The highest BCUT2D eigenvalue weighted by Gasteiger charge is 2.14. The van der Waals surface area contributed by atoms with Crippen molar-refractivity contribution in [3.8, 4) is 0 Å². The van der Waals surface area contributed by atoms with Crippen molar-refractivity contribution in [1.29, 1.82) is 0 Å². The zero-order valence-electron chi connectivity index (χ0n) is 8.56. The number of hydrogen-bond acceptors (Lipinski definition) is 1. The summed E-state index contributed by atoms with van der Waals surface area (Å²) in [6.45, 7) is 1.99. The van der Waals surface area contributed by atoms with E-state index in [1.54, 1.807) is 0 Å². The molecule has 0 aliphatic carbocycles. The summed E-state index contributed by atoms with van der Waals surface area (Å²) in [7, 11) is 0. The number of nitrogens with two attached hydrogens (primary N) is 1. The third-order valence-electron chi connectivity index (χ3n) is 2.26. The average Bonchev–Trinajstić information content (AvgIpc) is 2.19. The van der Waals surface area contributed by atoms with Gasteiger partial charge in [-0.05, 0) is 40.9 Å². The Morgan fingerprint density at radius 1 is 1.40 bits per heavy atom. The fraction of sp³-hybridized carbons (Fsp3) is 0.455. The van der Waals surface area contributed by atoms with Gasteiger partial charge in [0.1, 0.15) is 11.6 Å². The molecule has 0 aliphatic rings. The number of rotatable bonds is 4. The molecule has 0 heterocycles. The summed E-state index contributed by atoms with van der Waals surface area (Å²) in [4.78, 5) is 0. The van der Waals surface area contributed by atoms with Crippen LogP contribution in [0, 0.1) is 11.6 Å². The average molecular weight is 278 g/mol. The molecular formula is C11H14BrF2N. The molecule has 0 fully saturated rings. The summed E-state index contributed by atoms with van der Waals surface area (Å²) >= 11 is 3.03. The summed E-state index contributed by atoms with van der Waals surface area (Å²) in [5.74, 6) is -1.07. The highest BCUT2D eigenvalue weighted by atomic mass is 79.9. The van der Waals surface area contributed by atoms with E-state index in [4.69, 9.17) is 5.73 Å². The summed E-state index contributed by atoms with van der Waals surface area (Å²) in [6.07, 6.45) is 1.93. The minimum Gasteiger partial charge on any atom is -0.327 e. The minimum absolute atomic E-state index is 0.0744. The second-order valence-electron chi connectivity index (χ2n) is 3.57. The molecule has 0 aliphatic heterocycles. The molecule has 2 N–H and O–H groups in total. The van der Waals surface area contributed by atoms with Gasteiger partial charge < -0.3 is 5.73 Å². The van der Waals surface area contributed by atoms with E-state index >= 15 is 0 Å². The molecule has 0 spiro atoms. The van der Waals surface area contributed by atoms with Gasteiger partial charge in [-0.1, -0.05) is 13.3 Å². The first-order chi connectivity index (χ1) is 7.06. The Bertz CT molecular complexity index is 342. The Morgan fingerprint density at radius 3 is 2.67 bits per heavy atom. The highest BCUT2D eigenvalue weighted by molar-refractivity contribution is 9.10. The van der Waals surface area contributed by atoms with E-state index in [-0.39, 0.29) is 22.5 Å². The van der Waals surface area contributed by atoms with Crippen LogP contribution in [0.2, 0.25) is 0 Å². The van der Waals surface area contributed by atoms with Crippen LogP contribution >= 0.6 is 15.9 Å². The molecule has 1 atom stereocenters. The number of halogens is 3. The molecule has 4 heteroatoms. The van der Waals surface area contributed by atoms with Crippen LogP contribution in [0.25, 0.3) is 0 Å². The maximum Gasteiger partial charge on any atom is 0.143 e. The van der Waals surface area contributed by atoms with Gasteiger partial charge in [0.2, 0.25) is 0 Å². The fourth-order valence-corrected chi connectivity index (χ4v) is 1.86. The van der Waals surface area contributed by atoms with E-state index in [9.17, 15) is 8.78 Å². The van der Waals surface area contributed by atoms with Gasteiger partial charge in [-0.15, -0.1) is 0 Å². The molecule has 0 saturated heterocycles. The maximum atomic E-state index is 13.5. The van der Waals surface area contributed by atoms with Gasteiger partial charge in [-0.2, -0.15) is 0 Å². The first kappa shape index (κ1) is 12.6. The van der Waals surface area contributed by atoms with Crippen molar-refractivity contribution in [1.82, 2.24) is 0 Å². The van der Waals surface area contributed by atoms with Gasteiger partial charge in [-0.3, -0.25) is 0 Å². The second kappa shape index (κ2) is 5.56. The molecular weight excluding hydrogens is 264 g/mol. The van der Waals surface area contributed by atoms with Crippen molar-refractivity contribution in [3.05, 3.63) is 33.8 Å². The molecule has 1 aromatic carbocycles. The van der Waals surface area contributed by atoms with Crippen molar-refractivity contribution in [2.24, 2.45) is 5.73 Å². The molecule has 0 bridgehead atoms. The largest absolute Gasteiger partial charge is 0.327 e. The normalized spacial score (nSPS) is 12.9. The predicted molar refractivity (Wildman–Crippen MR) is 60.6 cm³/mol. The summed E-state index contributed by atoms with van der Waals surface area (Å²) < 4.78 is 27.1. The molecule has 15 heavy (non-hydrogen) atoms. The molecule has 1 rings (SSSR count). The Hall–Kier alpha value is -0.480. The van der Waals surface area contributed by atoms with Crippen molar-refractivity contribution >= 4 is 15.9 Å². The first-order valence-corrected chi connectivity index (χ1v) is 5.73. The molecule has 0 radical (unpaired) electrons. The molecule has 1 unspecified atom stereocenters. The van der Waals surface area contributed by atoms with Crippen molar-refractivity contribution in [2.45, 2.75) is 32.2 Å². The topological polar surface area (TPSA) is 26.0 Å². The monoisotopic (exact) mass is 277 g/mol. The first-order valence-electron chi connectivity index (χ1n) is 4.94. The summed E-state index contributed by atoms with van der Waals surface area (Å²) in [5, 5.41) is 0. The quantitative estimate of drug-likeness (QED) is 0.839. The van der Waals surface area contributed by atoms with E-state index in [0.29, 0.717) is 0 Å². The summed E-state index contributed by atoms with van der Waals surface area (Å²) in [5.41, 5.74) is 5.83. The van der Waals surface area contributed by atoms with Gasteiger partial charge >= 0.3 is 0 Å². The van der Waals surface area contributed by atoms with Crippen LogP contribution in [0.4, 0.5) is 8.78 Å². The van der Waals surface area contributed by atoms with Gasteiger partial charge in [-0.25, -0.2) is 8.78 Å². The molecule has 1 nitrogen and oxygen atoms in total. The van der Waals surface area contributed by atoms with E-state index in [0.717, 1.165) is 12.8 Å². The number of hydrogen-bond donors (Lipinski definition) is 1. The Kier molecular flexibility index (Phi) is 4.67. The van der Waals surface area contributed by atoms with Gasteiger partial charge in [0.15, 0.2) is 0 Å². The van der Waals surface area contributed by atoms with Gasteiger partial charge in [0.25, 0.3) is 0 Å².